The van der Waals surface area contributed by atoms with Gasteiger partial charge in [0, 0.05) is 11.6 Å². The van der Waals surface area contributed by atoms with Crippen LogP contribution in [0.1, 0.15) is 5.56 Å². The Hall–Kier alpha value is -2.40. The molecule has 0 saturated carbocycles. The molecule has 5 heteroatoms. The molecule has 0 aliphatic rings. The van der Waals surface area contributed by atoms with Crippen molar-refractivity contribution in [3.05, 3.63) is 66.4 Å². The van der Waals surface area contributed by atoms with Crippen molar-refractivity contribution >= 4 is 26.6 Å². The number of pyridine rings is 1. The summed E-state index contributed by atoms with van der Waals surface area (Å²) in [5, 5.41) is 0.796. The molecule has 0 spiro atoms. The summed E-state index contributed by atoms with van der Waals surface area (Å²) in [4.78, 5) is 4.38. The lowest BCUT2D eigenvalue weighted by molar-refractivity contribution is 0.602. The van der Waals surface area contributed by atoms with Crippen molar-refractivity contribution in [1.82, 2.24) is 4.98 Å². The van der Waals surface area contributed by atoms with Crippen LogP contribution < -0.4 is 4.72 Å². The Labute approximate surface area is 123 Å². The molecule has 2 aromatic carbocycles. The predicted molar refractivity (Wildman–Crippen MR) is 83.7 cm³/mol. The van der Waals surface area contributed by atoms with E-state index >= 15 is 0 Å². The molecule has 3 rings (SSSR count). The zero-order valence-corrected chi connectivity index (χ0v) is 12.3. The number of nitrogens with one attached hydrogen (secondary N) is 1. The summed E-state index contributed by atoms with van der Waals surface area (Å²) in [6.07, 6.45) is 1.59. The van der Waals surface area contributed by atoms with Gasteiger partial charge in [0.05, 0.1) is 11.2 Å². The Balaban J connectivity index is 2.11. The number of fused-ring (bicyclic) bond motifs is 1. The summed E-state index contributed by atoms with van der Waals surface area (Å²) in [5.74, 6) is 0. The zero-order valence-electron chi connectivity index (χ0n) is 11.4. The Bertz CT molecular complexity index is 900. The summed E-state index contributed by atoms with van der Waals surface area (Å²) in [7, 11) is -3.67. The van der Waals surface area contributed by atoms with Crippen molar-refractivity contribution in [2.24, 2.45) is 0 Å². The smallest absolute Gasteiger partial charge is 0.264 e. The molecule has 1 heterocycles. The van der Waals surface area contributed by atoms with E-state index in [4.69, 9.17) is 0 Å². The van der Waals surface area contributed by atoms with Gasteiger partial charge in [0.1, 0.15) is 4.90 Å². The molecule has 0 unspecified atom stereocenters. The van der Waals surface area contributed by atoms with Crippen LogP contribution in [0.4, 0.5) is 5.69 Å². The molecule has 0 aliphatic heterocycles. The minimum atomic E-state index is -3.67. The molecule has 0 aliphatic carbocycles. The molecule has 0 amide bonds. The minimum absolute atomic E-state index is 0.184. The van der Waals surface area contributed by atoms with E-state index in [1.165, 1.54) is 0 Å². The molecule has 1 aromatic heterocycles. The van der Waals surface area contributed by atoms with Gasteiger partial charge in [-0.2, -0.15) is 0 Å². The monoisotopic (exact) mass is 298 g/mol. The van der Waals surface area contributed by atoms with Gasteiger partial charge in [-0.3, -0.25) is 9.71 Å². The van der Waals surface area contributed by atoms with Gasteiger partial charge in [-0.15, -0.1) is 0 Å². The fourth-order valence-corrected chi connectivity index (χ4v) is 3.49. The van der Waals surface area contributed by atoms with Crippen LogP contribution in [0.2, 0.25) is 0 Å². The van der Waals surface area contributed by atoms with Gasteiger partial charge in [-0.1, -0.05) is 36.4 Å². The van der Waals surface area contributed by atoms with Gasteiger partial charge in [0.15, 0.2) is 0 Å². The van der Waals surface area contributed by atoms with Crippen LogP contribution >= 0.6 is 0 Å². The standard InChI is InChI=1S/C16H14N2O2S/c1-12-6-2-3-9-14(12)18-21(19,20)15-10-4-7-13-8-5-11-17-16(13)15/h2-11,18H,1H3. The van der Waals surface area contributed by atoms with Crippen molar-refractivity contribution in [3.63, 3.8) is 0 Å². The highest BCUT2D eigenvalue weighted by molar-refractivity contribution is 7.93. The third-order valence-electron chi connectivity index (χ3n) is 3.27. The van der Waals surface area contributed by atoms with Gasteiger partial charge in [0.25, 0.3) is 10.0 Å². The molecular formula is C16H14N2O2S. The van der Waals surface area contributed by atoms with Crippen LogP contribution in [0, 0.1) is 6.92 Å². The second-order valence-electron chi connectivity index (χ2n) is 4.75. The van der Waals surface area contributed by atoms with Gasteiger partial charge in [0.2, 0.25) is 0 Å². The predicted octanol–water partition coefficient (Wildman–Crippen LogP) is 3.34. The average Bonchev–Trinajstić information content (AvgIpc) is 2.49. The molecule has 106 valence electrons. The highest BCUT2D eigenvalue weighted by Gasteiger charge is 2.18. The summed E-state index contributed by atoms with van der Waals surface area (Å²) < 4.78 is 27.9. The number of rotatable bonds is 3. The van der Waals surface area contributed by atoms with Crippen LogP contribution in [0.15, 0.2) is 65.7 Å². The normalized spacial score (nSPS) is 11.5. The van der Waals surface area contributed by atoms with Gasteiger partial charge < -0.3 is 0 Å². The van der Waals surface area contributed by atoms with Crippen LogP contribution in [-0.2, 0) is 10.0 Å². The van der Waals surface area contributed by atoms with Crippen molar-refractivity contribution in [1.29, 1.82) is 0 Å². The number of nitrogens with zero attached hydrogens (tertiary/aromatic N) is 1. The van der Waals surface area contributed by atoms with Crippen molar-refractivity contribution in [2.45, 2.75) is 11.8 Å². The van der Waals surface area contributed by atoms with E-state index in [9.17, 15) is 8.42 Å². The Morgan fingerprint density at radius 1 is 0.952 bits per heavy atom. The summed E-state index contributed by atoms with van der Waals surface area (Å²) >= 11 is 0. The Morgan fingerprint density at radius 3 is 2.52 bits per heavy atom. The first-order valence-corrected chi connectivity index (χ1v) is 7.98. The van der Waals surface area contributed by atoms with Crippen LogP contribution in [0.5, 0.6) is 0 Å². The highest BCUT2D eigenvalue weighted by atomic mass is 32.2. The van der Waals surface area contributed by atoms with Crippen LogP contribution in [0.25, 0.3) is 10.9 Å². The number of aromatic nitrogens is 1. The summed E-state index contributed by atoms with van der Waals surface area (Å²) in [6.45, 7) is 1.86. The topological polar surface area (TPSA) is 59.1 Å². The molecule has 0 atom stereocenters. The fraction of sp³-hybridized carbons (Fsp3) is 0.0625. The third kappa shape index (κ3) is 2.60. The number of hydrogen-bond acceptors (Lipinski definition) is 3. The first-order chi connectivity index (χ1) is 10.1. The second kappa shape index (κ2) is 5.18. The quantitative estimate of drug-likeness (QED) is 0.806. The van der Waals surface area contributed by atoms with Crippen molar-refractivity contribution in [2.75, 3.05) is 4.72 Å². The Kier molecular flexibility index (Phi) is 3.35. The van der Waals surface area contributed by atoms with E-state index in [-0.39, 0.29) is 4.90 Å². The molecule has 1 N–H and O–H groups in total. The van der Waals surface area contributed by atoms with E-state index in [0.29, 0.717) is 11.2 Å². The zero-order chi connectivity index (χ0) is 14.9. The first-order valence-electron chi connectivity index (χ1n) is 6.50. The molecule has 0 fully saturated rings. The second-order valence-corrected chi connectivity index (χ2v) is 6.40. The molecule has 0 saturated heterocycles. The SMILES string of the molecule is Cc1ccccc1NS(=O)(=O)c1cccc2cccnc12. The van der Waals surface area contributed by atoms with E-state index in [1.807, 2.05) is 31.2 Å². The lowest BCUT2D eigenvalue weighted by Gasteiger charge is -2.11. The minimum Gasteiger partial charge on any atom is -0.279 e. The maximum Gasteiger partial charge on any atom is 0.264 e. The lowest BCUT2D eigenvalue weighted by atomic mass is 10.2. The van der Waals surface area contributed by atoms with E-state index < -0.39 is 10.0 Å². The van der Waals surface area contributed by atoms with Crippen molar-refractivity contribution in [3.8, 4) is 0 Å². The summed E-state index contributed by atoms with van der Waals surface area (Å²) in [6, 6.07) is 16.0. The molecule has 0 bridgehead atoms. The molecule has 3 aromatic rings. The lowest BCUT2D eigenvalue weighted by Crippen LogP contribution is -2.14. The number of anilines is 1. The van der Waals surface area contributed by atoms with Gasteiger partial charge in [-0.05, 0) is 30.7 Å². The maximum atomic E-state index is 12.6. The number of benzene rings is 2. The van der Waals surface area contributed by atoms with Crippen LogP contribution in [0.3, 0.4) is 0 Å². The Morgan fingerprint density at radius 2 is 1.71 bits per heavy atom. The number of hydrogen-bond donors (Lipinski definition) is 1. The van der Waals surface area contributed by atoms with E-state index in [2.05, 4.69) is 9.71 Å². The molecule has 0 radical (unpaired) electrons. The number of aryl methyl sites for hydroxylation is 1. The number of para-hydroxylation sites is 2. The fourth-order valence-electron chi connectivity index (χ4n) is 2.18. The first kappa shape index (κ1) is 13.6. The molecule has 4 nitrogen and oxygen atoms in total. The molecule has 21 heavy (non-hydrogen) atoms. The van der Waals surface area contributed by atoms with Crippen LogP contribution in [-0.4, -0.2) is 13.4 Å². The largest absolute Gasteiger partial charge is 0.279 e. The maximum absolute atomic E-state index is 12.6. The molecular weight excluding hydrogens is 284 g/mol. The van der Waals surface area contributed by atoms with Gasteiger partial charge >= 0.3 is 0 Å². The third-order valence-corrected chi connectivity index (χ3v) is 4.67. The number of sulfonamides is 1. The average molecular weight is 298 g/mol. The highest BCUT2D eigenvalue weighted by Crippen LogP contribution is 2.24. The summed E-state index contributed by atoms with van der Waals surface area (Å²) in [5.41, 5.74) is 1.92. The van der Waals surface area contributed by atoms with E-state index in [1.54, 1.807) is 36.5 Å². The van der Waals surface area contributed by atoms with E-state index in [0.717, 1.165) is 10.9 Å². The van der Waals surface area contributed by atoms with Gasteiger partial charge in [-0.25, -0.2) is 8.42 Å². The van der Waals surface area contributed by atoms with Crippen molar-refractivity contribution < 1.29 is 8.42 Å².